The van der Waals surface area contributed by atoms with E-state index in [0.29, 0.717) is 10.1 Å². The second-order valence-electron chi connectivity index (χ2n) is 2.81. The van der Waals surface area contributed by atoms with E-state index in [2.05, 4.69) is 9.97 Å². The summed E-state index contributed by atoms with van der Waals surface area (Å²) in [7, 11) is -3.36. The van der Waals surface area contributed by atoms with E-state index >= 15 is 0 Å². The Morgan fingerprint density at radius 2 is 1.19 bits per heavy atom. The molecule has 0 fully saturated rings. The van der Waals surface area contributed by atoms with Crippen LogP contribution in [-0.4, -0.2) is 18.4 Å². The number of nitrogens with zero attached hydrogens (tertiary/aromatic N) is 2. The van der Waals surface area contributed by atoms with Crippen LogP contribution in [0.15, 0.2) is 58.8 Å². The van der Waals surface area contributed by atoms with Crippen LogP contribution >= 0.6 is 0 Å². The van der Waals surface area contributed by atoms with Gasteiger partial charge < -0.3 is 0 Å². The molecule has 2 aromatic rings. The van der Waals surface area contributed by atoms with Gasteiger partial charge in [-0.05, 0) is 24.3 Å². The second kappa shape index (κ2) is 5.09. The molecule has 2 heterocycles. The molecule has 0 radical (unpaired) electrons. The van der Waals surface area contributed by atoms with Gasteiger partial charge in [-0.1, -0.05) is 12.1 Å². The minimum absolute atomic E-state index is 0.298. The van der Waals surface area contributed by atoms with E-state index in [0.717, 1.165) is 0 Å². The summed E-state index contributed by atoms with van der Waals surface area (Å²) in [5.41, 5.74) is 0. The summed E-state index contributed by atoms with van der Waals surface area (Å²) >= 11 is 0. The zero-order valence-electron chi connectivity index (χ0n) is 8.15. The Balaban J connectivity index is 2.28. The fourth-order valence-corrected chi connectivity index (χ4v) is 3.55. The van der Waals surface area contributed by atoms with Crippen molar-refractivity contribution in [2.45, 2.75) is 10.1 Å². The Morgan fingerprint density at radius 1 is 0.750 bits per heavy atom. The first-order valence-corrected chi connectivity index (χ1v) is 7.27. The van der Waals surface area contributed by atoms with Gasteiger partial charge in [0.25, 0.3) is 0 Å². The highest BCUT2D eigenvalue weighted by atomic mass is 33.1. The van der Waals surface area contributed by atoms with Crippen LogP contribution < -0.4 is 0 Å². The summed E-state index contributed by atoms with van der Waals surface area (Å²) in [5, 5.41) is 0.595. The molecule has 0 saturated heterocycles. The minimum Gasteiger partial charge on any atom is -0.246 e. The molecule has 0 aliphatic heterocycles. The molecular formula is C10H8N2O2S2. The Bertz CT molecular complexity index is 467. The SMILES string of the molecule is O=S(c1ccccn1)S(=O)c1ccccn1. The van der Waals surface area contributed by atoms with Crippen LogP contribution in [0.25, 0.3) is 0 Å². The molecule has 82 valence electrons. The zero-order valence-corrected chi connectivity index (χ0v) is 9.78. The van der Waals surface area contributed by atoms with Gasteiger partial charge in [0.2, 0.25) is 0 Å². The summed E-state index contributed by atoms with van der Waals surface area (Å²) in [6, 6.07) is 9.99. The molecule has 2 atom stereocenters. The van der Waals surface area contributed by atoms with Crippen molar-refractivity contribution in [3.05, 3.63) is 48.8 Å². The van der Waals surface area contributed by atoms with Crippen molar-refractivity contribution >= 4 is 19.7 Å². The van der Waals surface area contributed by atoms with Crippen molar-refractivity contribution in [3.63, 3.8) is 0 Å². The minimum atomic E-state index is -1.68. The molecule has 4 nitrogen and oxygen atoms in total. The monoisotopic (exact) mass is 252 g/mol. The molecule has 16 heavy (non-hydrogen) atoms. The fraction of sp³-hybridized carbons (Fsp3) is 0. The quantitative estimate of drug-likeness (QED) is 0.773. The molecule has 0 N–H and O–H groups in total. The van der Waals surface area contributed by atoms with E-state index in [-0.39, 0.29) is 0 Å². The standard InChI is InChI=1S/C10H8N2O2S2/c13-15(9-5-1-3-7-11-9)16(14)10-6-2-4-8-12-10/h1-8H. The number of hydrogen-bond acceptors (Lipinski definition) is 4. The summed E-state index contributed by atoms with van der Waals surface area (Å²) in [6.07, 6.45) is 3.03. The van der Waals surface area contributed by atoms with E-state index in [4.69, 9.17) is 0 Å². The normalized spacial score (nSPS) is 14.2. The number of aromatic nitrogens is 2. The van der Waals surface area contributed by atoms with Gasteiger partial charge in [0.15, 0.2) is 19.7 Å². The van der Waals surface area contributed by atoms with E-state index in [1.165, 1.54) is 12.4 Å². The van der Waals surface area contributed by atoms with Crippen LogP contribution in [0, 0.1) is 0 Å². The maximum absolute atomic E-state index is 11.9. The molecule has 2 aromatic heterocycles. The van der Waals surface area contributed by atoms with Crippen LogP contribution in [0.1, 0.15) is 0 Å². The Hall–Kier alpha value is -1.40. The van der Waals surface area contributed by atoms with Crippen molar-refractivity contribution in [3.8, 4) is 0 Å². The third-order valence-corrected chi connectivity index (χ3v) is 5.04. The number of rotatable bonds is 3. The first kappa shape index (κ1) is 11.1. The van der Waals surface area contributed by atoms with Crippen LogP contribution in [0.3, 0.4) is 0 Å². The lowest BCUT2D eigenvalue weighted by molar-refractivity contribution is 0.673. The third kappa shape index (κ3) is 2.40. The molecule has 0 amide bonds. The van der Waals surface area contributed by atoms with Gasteiger partial charge in [0.05, 0.1) is 0 Å². The average molecular weight is 252 g/mol. The van der Waals surface area contributed by atoms with Crippen molar-refractivity contribution in [2.75, 3.05) is 0 Å². The van der Waals surface area contributed by atoms with Gasteiger partial charge in [-0.3, -0.25) is 0 Å². The Morgan fingerprint density at radius 3 is 1.50 bits per heavy atom. The molecule has 0 aliphatic carbocycles. The van der Waals surface area contributed by atoms with E-state index in [1.54, 1.807) is 36.4 Å². The molecule has 0 saturated carbocycles. The van der Waals surface area contributed by atoms with Gasteiger partial charge in [-0.2, -0.15) is 0 Å². The van der Waals surface area contributed by atoms with Crippen molar-refractivity contribution in [2.24, 2.45) is 0 Å². The fourth-order valence-electron chi connectivity index (χ4n) is 1.05. The summed E-state index contributed by atoms with van der Waals surface area (Å²) in [5.74, 6) is 0. The lowest BCUT2D eigenvalue weighted by Gasteiger charge is -1.99. The highest BCUT2D eigenvalue weighted by Crippen LogP contribution is 2.12. The highest BCUT2D eigenvalue weighted by Gasteiger charge is 2.16. The van der Waals surface area contributed by atoms with Crippen LogP contribution in [0.5, 0.6) is 0 Å². The van der Waals surface area contributed by atoms with E-state index < -0.39 is 19.7 Å². The van der Waals surface area contributed by atoms with Crippen molar-refractivity contribution in [1.82, 2.24) is 9.97 Å². The van der Waals surface area contributed by atoms with E-state index in [9.17, 15) is 8.42 Å². The Kier molecular flexibility index (Phi) is 3.53. The highest BCUT2D eigenvalue weighted by molar-refractivity contribution is 8.61. The molecule has 2 rings (SSSR count). The van der Waals surface area contributed by atoms with Crippen molar-refractivity contribution in [1.29, 1.82) is 0 Å². The Labute approximate surface area is 97.1 Å². The summed E-state index contributed by atoms with van der Waals surface area (Å²) in [6.45, 7) is 0. The molecule has 0 aromatic carbocycles. The third-order valence-electron chi connectivity index (χ3n) is 1.75. The van der Waals surface area contributed by atoms with Gasteiger partial charge in [-0.15, -0.1) is 0 Å². The smallest absolute Gasteiger partial charge is 0.168 e. The van der Waals surface area contributed by atoms with Gasteiger partial charge in [0, 0.05) is 12.4 Å². The zero-order chi connectivity index (χ0) is 11.4. The lowest BCUT2D eigenvalue weighted by Crippen LogP contribution is -2.04. The topological polar surface area (TPSA) is 59.9 Å². The predicted molar refractivity (Wildman–Crippen MR) is 61.3 cm³/mol. The molecule has 0 bridgehead atoms. The molecule has 0 spiro atoms. The van der Waals surface area contributed by atoms with Gasteiger partial charge in [0.1, 0.15) is 10.1 Å². The average Bonchev–Trinajstić information content (AvgIpc) is 2.39. The maximum Gasteiger partial charge on any atom is 0.168 e. The second-order valence-corrected chi connectivity index (χ2v) is 6.40. The predicted octanol–water partition coefficient (Wildman–Crippen LogP) is 1.31. The van der Waals surface area contributed by atoms with E-state index in [1.807, 2.05) is 0 Å². The summed E-state index contributed by atoms with van der Waals surface area (Å²) < 4.78 is 23.7. The molecule has 0 aliphatic rings. The number of pyridine rings is 2. The van der Waals surface area contributed by atoms with Gasteiger partial charge >= 0.3 is 0 Å². The summed E-state index contributed by atoms with van der Waals surface area (Å²) in [4.78, 5) is 7.81. The molecular weight excluding hydrogens is 244 g/mol. The lowest BCUT2D eigenvalue weighted by atomic mass is 10.5. The molecule has 6 heteroatoms. The number of hydrogen-bond donors (Lipinski definition) is 0. The van der Waals surface area contributed by atoms with Crippen LogP contribution in [-0.2, 0) is 19.7 Å². The van der Waals surface area contributed by atoms with Crippen LogP contribution in [0.2, 0.25) is 0 Å². The molecule has 2 unspecified atom stereocenters. The van der Waals surface area contributed by atoms with Crippen molar-refractivity contribution < 1.29 is 8.42 Å². The first-order valence-electron chi connectivity index (χ1n) is 4.45. The van der Waals surface area contributed by atoms with Crippen LogP contribution in [0.4, 0.5) is 0 Å². The largest absolute Gasteiger partial charge is 0.246 e. The maximum atomic E-state index is 11.9. The van der Waals surface area contributed by atoms with Gasteiger partial charge in [-0.25, -0.2) is 18.4 Å². The first-order chi connectivity index (χ1) is 7.79.